The predicted molar refractivity (Wildman–Crippen MR) is 136 cm³/mol. The van der Waals surface area contributed by atoms with Crippen molar-refractivity contribution in [3.05, 3.63) is 59.2 Å². The molecular formula is C26H34N4O4S. The zero-order chi connectivity index (χ0) is 25.0. The molecule has 0 spiro atoms. The van der Waals surface area contributed by atoms with Gasteiger partial charge in [-0.25, -0.2) is 17.9 Å². The van der Waals surface area contributed by atoms with Crippen LogP contribution in [0.25, 0.3) is 0 Å². The summed E-state index contributed by atoms with van der Waals surface area (Å²) in [6.45, 7) is 5.17. The summed E-state index contributed by atoms with van der Waals surface area (Å²) in [5.74, 6) is 0.605. The third kappa shape index (κ3) is 6.14. The Bertz CT molecular complexity index is 1190. The van der Waals surface area contributed by atoms with Crippen molar-refractivity contribution >= 4 is 27.6 Å². The van der Waals surface area contributed by atoms with E-state index in [-0.39, 0.29) is 16.8 Å². The van der Waals surface area contributed by atoms with Gasteiger partial charge in [0.1, 0.15) is 0 Å². The number of hydrogen-bond donors (Lipinski definition) is 3. The highest BCUT2D eigenvalue weighted by Gasteiger charge is 2.25. The van der Waals surface area contributed by atoms with Crippen LogP contribution in [-0.2, 0) is 16.4 Å². The fourth-order valence-electron chi connectivity index (χ4n) is 4.89. The minimum absolute atomic E-state index is 0.0101. The van der Waals surface area contributed by atoms with Crippen molar-refractivity contribution in [2.45, 2.75) is 63.3 Å². The Morgan fingerprint density at radius 3 is 2.63 bits per heavy atom. The Balaban J connectivity index is 1.37. The van der Waals surface area contributed by atoms with Gasteiger partial charge in [-0.2, -0.15) is 0 Å². The summed E-state index contributed by atoms with van der Waals surface area (Å²) in [5, 5.41) is 5.70. The molecule has 0 saturated heterocycles. The van der Waals surface area contributed by atoms with E-state index >= 15 is 0 Å². The normalized spacial score (nSPS) is 20.1. The molecule has 2 aromatic carbocycles. The van der Waals surface area contributed by atoms with Crippen LogP contribution < -0.4 is 20.3 Å². The van der Waals surface area contributed by atoms with Gasteiger partial charge in [0.25, 0.3) is 15.9 Å². The Hall–Kier alpha value is -3.07. The molecule has 0 aromatic heterocycles. The third-order valence-electron chi connectivity index (χ3n) is 7.03. The van der Waals surface area contributed by atoms with Gasteiger partial charge < -0.3 is 15.5 Å². The van der Waals surface area contributed by atoms with Crippen molar-refractivity contribution in [1.29, 1.82) is 0 Å². The molecule has 1 heterocycles. The molecule has 2 aliphatic rings. The smallest absolute Gasteiger partial charge is 0.328 e. The zero-order valence-corrected chi connectivity index (χ0v) is 21.2. The first-order chi connectivity index (χ1) is 16.7. The highest BCUT2D eigenvalue weighted by atomic mass is 32.2. The zero-order valence-electron chi connectivity index (χ0n) is 20.3. The Kier molecular flexibility index (Phi) is 7.64. The van der Waals surface area contributed by atoms with Crippen LogP contribution in [0.1, 0.15) is 60.5 Å². The van der Waals surface area contributed by atoms with E-state index in [1.807, 2.05) is 31.2 Å². The van der Waals surface area contributed by atoms with Crippen molar-refractivity contribution in [3.63, 3.8) is 0 Å². The van der Waals surface area contributed by atoms with Crippen molar-refractivity contribution in [2.75, 3.05) is 18.1 Å². The van der Waals surface area contributed by atoms with Crippen LogP contribution in [0.2, 0.25) is 0 Å². The summed E-state index contributed by atoms with van der Waals surface area (Å²) in [4.78, 5) is 26.7. The minimum Gasteiger partial charge on any atom is -0.353 e. The fourth-order valence-corrected chi connectivity index (χ4v) is 5.87. The molecule has 0 unspecified atom stereocenters. The number of aryl methyl sites for hydroxylation is 1. The Morgan fingerprint density at radius 1 is 1.11 bits per heavy atom. The van der Waals surface area contributed by atoms with Gasteiger partial charge in [-0.1, -0.05) is 31.5 Å². The van der Waals surface area contributed by atoms with Crippen molar-refractivity contribution in [2.24, 2.45) is 5.92 Å². The van der Waals surface area contributed by atoms with Crippen LogP contribution in [-0.4, -0.2) is 39.6 Å². The molecule has 35 heavy (non-hydrogen) atoms. The average Bonchev–Trinajstić information content (AvgIpc) is 2.84. The molecule has 3 amide bonds. The fraction of sp³-hybridized carbons (Fsp3) is 0.462. The topological polar surface area (TPSA) is 108 Å². The first-order valence-corrected chi connectivity index (χ1v) is 13.8. The van der Waals surface area contributed by atoms with Crippen LogP contribution in [0.3, 0.4) is 0 Å². The Labute approximate surface area is 207 Å². The molecule has 4 rings (SSSR count). The molecule has 2 aromatic rings. The predicted octanol–water partition coefficient (Wildman–Crippen LogP) is 3.70. The van der Waals surface area contributed by atoms with E-state index in [1.54, 1.807) is 12.1 Å². The second-order valence-electron chi connectivity index (χ2n) is 9.55. The summed E-state index contributed by atoms with van der Waals surface area (Å²) >= 11 is 0. The molecule has 0 bridgehead atoms. The van der Waals surface area contributed by atoms with Gasteiger partial charge in [0.15, 0.2) is 0 Å². The summed E-state index contributed by atoms with van der Waals surface area (Å²) < 4.78 is 27.9. The molecule has 9 heteroatoms. The minimum atomic E-state index is -3.99. The van der Waals surface area contributed by atoms with Crippen molar-refractivity contribution in [3.8, 4) is 0 Å². The molecule has 188 valence electrons. The number of urea groups is 1. The number of hydrogen-bond acceptors (Lipinski definition) is 5. The molecule has 1 aliphatic carbocycles. The van der Waals surface area contributed by atoms with Gasteiger partial charge >= 0.3 is 6.03 Å². The highest BCUT2D eigenvalue weighted by Crippen LogP contribution is 2.27. The summed E-state index contributed by atoms with van der Waals surface area (Å²) in [6, 6.07) is 11.7. The molecule has 8 nitrogen and oxygen atoms in total. The number of nitrogens with zero attached hydrogens (tertiary/aromatic N) is 1. The van der Waals surface area contributed by atoms with Gasteiger partial charge in [0.2, 0.25) is 0 Å². The molecule has 1 aliphatic heterocycles. The lowest BCUT2D eigenvalue weighted by atomic mass is 9.85. The standard InChI is InChI=1S/C26H34N4O4S/c1-3-19-8-10-21(11-9-19)28-26(32)29-35(33,34)22-6-4-5-20(16-22)13-14-30-17-27-25(31)23-12-7-18(2)15-24(23)30/h4-7,12,15-16,19,21H,3,8-11,13-14,17H2,1-2H3,(H,27,31)(H2,28,29,32). The number of anilines is 1. The quantitative estimate of drug-likeness (QED) is 0.540. The molecule has 1 saturated carbocycles. The van der Waals surface area contributed by atoms with E-state index in [9.17, 15) is 18.0 Å². The van der Waals surface area contributed by atoms with Gasteiger partial charge in [-0.05, 0) is 80.3 Å². The molecule has 0 radical (unpaired) electrons. The molecule has 1 fully saturated rings. The highest BCUT2D eigenvalue weighted by molar-refractivity contribution is 7.90. The first kappa shape index (κ1) is 25.0. The number of carbonyl (C=O) groups is 2. The number of rotatable bonds is 7. The number of amides is 3. The monoisotopic (exact) mass is 498 g/mol. The number of carbonyl (C=O) groups excluding carboxylic acids is 2. The first-order valence-electron chi connectivity index (χ1n) is 12.3. The lowest BCUT2D eigenvalue weighted by Crippen LogP contribution is -2.45. The van der Waals surface area contributed by atoms with E-state index in [0.717, 1.165) is 48.9 Å². The van der Waals surface area contributed by atoms with E-state index in [2.05, 4.69) is 27.2 Å². The second kappa shape index (κ2) is 10.7. The summed E-state index contributed by atoms with van der Waals surface area (Å²) in [7, 11) is -3.99. The van der Waals surface area contributed by atoms with Crippen molar-refractivity contribution < 1.29 is 18.0 Å². The maximum Gasteiger partial charge on any atom is 0.328 e. The van der Waals surface area contributed by atoms with Crippen LogP contribution in [0.4, 0.5) is 10.5 Å². The third-order valence-corrected chi connectivity index (χ3v) is 8.36. The van der Waals surface area contributed by atoms with Crippen LogP contribution in [0.15, 0.2) is 47.4 Å². The second-order valence-corrected chi connectivity index (χ2v) is 11.2. The van der Waals surface area contributed by atoms with E-state index in [4.69, 9.17) is 0 Å². The number of nitrogens with one attached hydrogen (secondary N) is 3. The Morgan fingerprint density at radius 2 is 1.89 bits per heavy atom. The van der Waals surface area contributed by atoms with Crippen LogP contribution in [0, 0.1) is 12.8 Å². The molecule has 3 N–H and O–H groups in total. The maximum atomic E-state index is 12.8. The lowest BCUT2D eigenvalue weighted by molar-refractivity contribution is 0.0947. The van der Waals surface area contributed by atoms with Crippen LogP contribution >= 0.6 is 0 Å². The van der Waals surface area contributed by atoms with Crippen molar-refractivity contribution in [1.82, 2.24) is 15.4 Å². The SMILES string of the molecule is CCC1CCC(NC(=O)NS(=O)(=O)c2cccc(CCN3CNC(=O)c4ccc(C)cc43)c2)CC1. The maximum absolute atomic E-state index is 12.8. The molecular weight excluding hydrogens is 464 g/mol. The summed E-state index contributed by atoms with van der Waals surface area (Å²) in [6.07, 6.45) is 5.59. The molecule has 0 atom stereocenters. The number of benzene rings is 2. The van der Waals surface area contributed by atoms with E-state index in [0.29, 0.717) is 31.1 Å². The van der Waals surface area contributed by atoms with Gasteiger partial charge in [0, 0.05) is 12.6 Å². The number of fused-ring (bicyclic) bond motifs is 1. The number of sulfonamides is 1. The van der Waals surface area contributed by atoms with E-state index < -0.39 is 16.1 Å². The van der Waals surface area contributed by atoms with Gasteiger partial charge in [-0.3, -0.25) is 4.79 Å². The van der Waals surface area contributed by atoms with Gasteiger partial charge in [0.05, 0.1) is 22.8 Å². The largest absolute Gasteiger partial charge is 0.353 e. The average molecular weight is 499 g/mol. The lowest BCUT2D eigenvalue weighted by Gasteiger charge is -2.31. The van der Waals surface area contributed by atoms with E-state index in [1.165, 1.54) is 6.07 Å². The van der Waals surface area contributed by atoms with Gasteiger partial charge in [-0.15, -0.1) is 0 Å². The van der Waals surface area contributed by atoms with Crippen LogP contribution in [0.5, 0.6) is 0 Å². The summed E-state index contributed by atoms with van der Waals surface area (Å²) in [5.41, 5.74) is 3.41.